The molecule has 2 N–H and O–H groups in total. The number of hydrogen-bond acceptors (Lipinski definition) is 5. The molecule has 0 fully saturated rings. The van der Waals surface area contributed by atoms with Crippen LogP contribution >= 0.6 is 0 Å². The number of anilines is 2. The molecule has 2 amide bonds. The first-order chi connectivity index (χ1) is 13.4. The third-order valence-corrected chi connectivity index (χ3v) is 3.92. The van der Waals surface area contributed by atoms with E-state index in [0.29, 0.717) is 5.76 Å². The molecule has 9 heteroatoms. The van der Waals surface area contributed by atoms with Crippen LogP contribution in [0.15, 0.2) is 59.2 Å². The minimum Gasteiger partial charge on any atom is -0.469 e. The third-order valence-electron chi connectivity index (χ3n) is 3.92. The van der Waals surface area contributed by atoms with E-state index in [4.69, 9.17) is 4.42 Å². The first kappa shape index (κ1) is 18.8. The van der Waals surface area contributed by atoms with E-state index >= 15 is 0 Å². The lowest BCUT2D eigenvalue weighted by molar-refractivity contribution is -0.385. The quantitative estimate of drug-likeness (QED) is 0.508. The topological polar surface area (TPSA) is 114 Å². The molecule has 1 heterocycles. The van der Waals surface area contributed by atoms with Gasteiger partial charge in [-0.3, -0.25) is 19.7 Å². The molecule has 1 aromatic heterocycles. The normalized spacial score (nSPS) is 10.4. The second kappa shape index (κ2) is 7.70. The van der Waals surface area contributed by atoms with Crippen molar-refractivity contribution in [2.24, 2.45) is 0 Å². The van der Waals surface area contributed by atoms with Crippen LogP contribution in [0.5, 0.6) is 0 Å². The van der Waals surface area contributed by atoms with E-state index in [0.717, 1.165) is 6.07 Å². The Morgan fingerprint density at radius 3 is 2.43 bits per heavy atom. The van der Waals surface area contributed by atoms with Gasteiger partial charge in [0.15, 0.2) is 0 Å². The lowest BCUT2D eigenvalue weighted by Gasteiger charge is -2.10. The smallest absolute Gasteiger partial charge is 0.282 e. The van der Waals surface area contributed by atoms with E-state index in [1.165, 1.54) is 48.7 Å². The molecule has 28 heavy (non-hydrogen) atoms. The molecule has 3 rings (SSSR count). The molecular weight excluding hydrogens is 369 g/mol. The Balaban J connectivity index is 1.82. The molecule has 0 saturated heterocycles. The second-order valence-electron chi connectivity index (χ2n) is 5.77. The Hall–Kier alpha value is -4.01. The molecule has 0 spiro atoms. The Morgan fingerprint density at radius 1 is 1.04 bits per heavy atom. The molecule has 0 radical (unpaired) electrons. The minimum absolute atomic E-state index is 0.142. The van der Waals surface area contributed by atoms with E-state index in [1.54, 1.807) is 6.92 Å². The molecule has 2 aromatic carbocycles. The van der Waals surface area contributed by atoms with Gasteiger partial charge in [0, 0.05) is 11.8 Å². The van der Waals surface area contributed by atoms with E-state index in [1.807, 2.05) is 0 Å². The summed E-state index contributed by atoms with van der Waals surface area (Å²) in [6.07, 6.45) is 1.34. The number of hydrogen-bond donors (Lipinski definition) is 2. The Bertz CT molecular complexity index is 1080. The fourth-order valence-corrected chi connectivity index (χ4v) is 2.53. The number of para-hydroxylation sites is 1. The number of nitrogens with one attached hydrogen (secondary N) is 2. The zero-order valence-electron chi connectivity index (χ0n) is 14.6. The highest BCUT2D eigenvalue weighted by Crippen LogP contribution is 2.23. The largest absolute Gasteiger partial charge is 0.469 e. The van der Waals surface area contributed by atoms with E-state index in [9.17, 15) is 24.1 Å². The second-order valence-corrected chi connectivity index (χ2v) is 5.77. The Labute approximate surface area is 158 Å². The predicted molar refractivity (Wildman–Crippen MR) is 98.8 cm³/mol. The molecule has 142 valence electrons. The fraction of sp³-hybridized carbons (Fsp3) is 0.0526. The predicted octanol–water partition coefficient (Wildman–Crippen LogP) is 4.14. The van der Waals surface area contributed by atoms with Crippen molar-refractivity contribution in [1.82, 2.24) is 0 Å². The molecule has 3 aromatic rings. The summed E-state index contributed by atoms with van der Waals surface area (Å²) in [6.45, 7) is 1.59. The molecule has 0 aliphatic rings. The van der Waals surface area contributed by atoms with Crippen molar-refractivity contribution in [2.45, 2.75) is 6.92 Å². The monoisotopic (exact) mass is 383 g/mol. The van der Waals surface area contributed by atoms with Gasteiger partial charge in [0.05, 0.1) is 22.4 Å². The maximum atomic E-state index is 14.1. The van der Waals surface area contributed by atoms with Crippen molar-refractivity contribution in [3.05, 3.63) is 87.6 Å². The van der Waals surface area contributed by atoms with Crippen LogP contribution in [0, 0.1) is 22.9 Å². The zero-order chi connectivity index (χ0) is 20.3. The maximum absolute atomic E-state index is 14.1. The summed E-state index contributed by atoms with van der Waals surface area (Å²) in [5, 5.41) is 15.9. The summed E-state index contributed by atoms with van der Waals surface area (Å²) in [6, 6.07) is 10.5. The van der Waals surface area contributed by atoms with Gasteiger partial charge >= 0.3 is 0 Å². The first-order valence-electron chi connectivity index (χ1n) is 8.06. The van der Waals surface area contributed by atoms with Gasteiger partial charge < -0.3 is 15.1 Å². The highest BCUT2D eigenvalue weighted by atomic mass is 19.1. The number of furan rings is 1. The molecule has 0 aliphatic carbocycles. The summed E-state index contributed by atoms with van der Waals surface area (Å²) in [7, 11) is 0. The number of carbonyl (C=O) groups excluding carboxylic acids is 2. The summed E-state index contributed by atoms with van der Waals surface area (Å²) >= 11 is 0. The summed E-state index contributed by atoms with van der Waals surface area (Å²) in [5.74, 6) is -1.65. The number of aryl methyl sites for hydroxylation is 1. The lowest BCUT2D eigenvalue weighted by atomic mass is 10.1. The number of halogens is 1. The lowest BCUT2D eigenvalue weighted by Crippen LogP contribution is -2.16. The van der Waals surface area contributed by atoms with E-state index in [-0.39, 0.29) is 28.2 Å². The molecule has 0 saturated carbocycles. The van der Waals surface area contributed by atoms with Crippen LogP contribution < -0.4 is 10.6 Å². The summed E-state index contributed by atoms with van der Waals surface area (Å²) in [5.41, 5.74) is -0.258. The molecule has 0 unspecified atom stereocenters. The average molecular weight is 383 g/mol. The standard InChI is InChI=1S/C19H14FN3O5/c1-11-13(8-9-28-11)18(24)22-16-10-12(6-7-15(16)20)21-19(25)14-4-2-3-5-17(14)23(26)27/h2-10H,1H3,(H,21,25)(H,22,24). The van der Waals surface area contributed by atoms with Crippen LogP contribution in [-0.4, -0.2) is 16.7 Å². The number of nitro benzene ring substituents is 1. The van der Waals surface area contributed by atoms with Crippen molar-refractivity contribution in [3.63, 3.8) is 0 Å². The third kappa shape index (κ3) is 3.88. The van der Waals surface area contributed by atoms with Gasteiger partial charge in [-0.2, -0.15) is 0 Å². The molecule has 0 atom stereocenters. The van der Waals surface area contributed by atoms with Gasteiger partial charge in [0.1, 0.15) is 17.1 Å². The Kier molecular flexibility index (Phi) is 5.16. The van der Waals surface area contributed by atoms with Crippen LogP contribution in [0.2, 0.25) is 0 Å². The van der Waals surface area contributed by atoms with E-state index < -0.39 is 22.6 Å². The van der Waals surface area contributed by atoms with Gasteiger partial charge in [0.2, 0.25) is 0 Å². The maximum Gasteiger partial charge on any atom is 0.282 e. The van der Waals surface area contributed by atoms with Crippen LogP contribution in [0.4, 0.5) is 21.5 Å². The number of benzene rings is 2. The number of nitrogens with zero attached hydrogens (tertiary/aromatic N) is 1. The highest BCUT2D eigenvalue weighted by molar-refractivity contribution is 6.08. The van der Waals surface area contributed by atoms with Gasteiger partial charge in [0.25, 0.3) is 17.5 Å². The van der Waals surface area contributed by atoms with Crippen LogP contribution in [0.25, 0.3) is 0 Å². The van der Waals surface area contributed by atoms with Crippen molar-refractivity contribution in [1.29, 1.82) is 0 Å². The van der Waals surface area contributed by atoms with Gasteiger partial charge in [-0.25, -0.2) is 4.39 Å². The SMILES string of the molecule is Cc1occc1C(=O)Nc1cc(NC(=O)c2ccccc2[N+](=O)[O-])ccc1F. The highest BCUT2D eigenvalue weighted by Gasteiger charge is 2.20. The van der Waals surface area contributed by atoms with Crippen LogP contribution in [0.3, 0.4) is 0 Å². The Morgan fingerprint density at radius 2 is 1.75 bits per heavy atom. The van der Waals surface area contributed by atoms with Crippen molar-refractivity contribution in [2.75, 3.05) is 10.6 Å². The van der Waals surface area contributed by atoms with Gasteiger partial charge in [-0.05, 0) is 37.3 Å². The molecule has 8 nitrogen and oxygen atoms in total. The first-order valence-corrected chi connectivity index (χ1v) is 8.06. The molecule has 0 bridgehead atoms. The van der Waals surface area contributed by atoms with Crippen molar-refractivity contribution < 1.29 is 23.3 Å². The van der Waals surface area contributed by atoms with Crippen LogP contribution in [0.1, 0.15) is 26.5 Å². The number of carbonyl (C=O) groups is 2. The number of nitro groups is 1. The number of amides is 2. The van der Waals surface area contributed by atoms with E-state index in [2.05, 4.69) is 10.6 Å². The minimum atomic E-state index is -0.734. The summed E-state index contributed by atoms with van der Waals surface area (Å²) < 4.78 is 19.1. The zero-order valence-corrected chi connectivity index (χ0v) is 14.6. The van der Waals surface area contributed by atoms with Crippen LogP contribution in [-0.2, 0) is 0 Å². The number of rotatable bonds is 5. The fourth-order valence-electron chi connectivity index (χ4n) is 2.53. The van der Waals surface area contributed by atoms with Gasteiger partial charge in [-0.1, -0.05) is 12.1 Å². The molecular formula is C19H14FN3O5. The summed E-state index contributed by atoms with van der Waals surface area (Å²) in [4.78, 5) is 35.0. The van der Waals surface area contributed by atoms with Gasteiger partial charge in [-0.15, -0.1) is 0 Å². The average Bonchev–Trinajstić information content (AvgIpc) is 3.10. The molecule has 0 aliphatic heterocycles. The van der Waals surface area contributed by atoms with Crippen molar-refractivity contribution >= 4 is 28.9 Å². The van der Waals surface area contributed by atoms with Crippen molar-refractivity contribution in [3.8, 4) is 0 Å².